The van der Waals surface area contributed by atoms with E-state index in [2.05, 4.69) is 17.4 Å². The average Bonchev–Trinajstić information content (AvgIpc) is 2.72. The normalized spacial score (nSPS) is 18.6. The predicted octanol–water partition coefficient (Wildman–Crippen LogP) is 1.55. The van der Waals surface area contributed by atoms with E-state index in [1.807, 2.05) is 12.1 Å². The minimum atomic E-state index is -0.593. The zero-order valence-corrected chi connectivity index (χ0v) is 15.1. The molecule has 0 atom stereocenters. The molecule has 1 aromatic carbocycles. The van der Waals surface area contributed by atoms with E-state index in [0.717, 1.165) is 31.6 Å². The van der Waals surface area contributed by atoms with E-state index in [-0.39, 0.29) is 24.6 Å². The molecule has 0 aliphatic carbocycles. The van der Waals surface area contributed by atoms with Gasteiger partial charge in [-0.15, -0.1) is 0 Å². The molecule has 0 amide bonds. The highest BCUT2D eigenvalue weighted by Crippen LogP contribution is 2.31. The number of nitrogens with zero attached hydrogens (tertiary/aromatic N) is 1. The van der Waals surface area contributed by atoms with E-state index < -0.39 is 11.9 Å². The highest BCUT2D eigenvalue weighted by molar-refractivity contribution is 6.03. The highest BCUT2D eigenvalue weighted by Gasteiger charge is 2.32. The van der Waals surface area contributed by atoms with Crippen LogP contribution >= 0.6 is 0 Å². The third-order valence-corrected chi connectivity index (χ3v) is 4.83. The Morgan fingerprint density at radius 3 is 2.58 bits per heavy atom. The summed E-state index contributed by atoms with van der Waals surface area (Å²) in [7, 11) is 2.57. The van der Waals surface area contributed by atoms with Crippen LogP contribution in [0.15, 0.2) is 35.5 Å². The third kappa shape index (κ3) is 3.73. The van der Waals surface area contributed by atoms with Crippen LogP contribution < -0.4 is 10.2 Å². The topological polar surface area (TPSA) is 77.1 Å². The first kappa shape index (κ1) is 18.4. The fourth-order valence-corrected chi connectivity index (χ4v) is 3.45. The summed E-state index contributed by atoms with van der Waals surface area (Å²) in [6.07, 6.45) is 2.15. The van der Waals surface area contributed by atoms with Gasteiger partial charge in [0.2, 0.25) is 0 Å². The first-order valence-corrected chi connectivity index (χ1v) is 8.71. The fraction of sp³-hybridized carbons (Fsp3) is 0.474. The summed E-state index contributed by atoms with van der Waals surface area (Å²) < 4.78 is 15.2. The Hall–Kier alpha value is -2.38. The summed E-state index contributed by atoms with van der Waals surface area (Å²) in [6.45, 7) is 2.19. The molecule has 0 aromatic heterocycles. The Morgan fingerprint density at radius 1 is 1.15 bits per heavy atom. The van der Waals surface area contributed by atoms with Crippen molar-refractivity contribution >= 4 is 17.6 Å². The summed E-state index contributed by atoms with van der Waals surface area (Å²) in [5.74, 6) is -0.696. The van der Waals surface area contributed by atoms with Crippen LogP contribution in [0, 0.1) is 0 Å². The molecule has 2 aliphatic rings. The van der Waals surface area contributed by atoms with Gasteiger partial charge < -0.3 is 24.4 Å². The van der Waals surface area contributed by atoms with Crippen molar-refractivity contribution in [3.8, 4) is 0 Å². The molecule has 2 aliphatic heterocycles. The van der Waals surface area contributed by atoms with Gasteiger partial charge in [-0.2, -0.15) is 0 Å². The molecule has 1 saturated heterocycles. The quantitative estimate of drug-likeness (QED) is 0.816. The highest BCUT2D eigenvalue weighted by atomic mass is 16.5. The van der Waals surface area contributed by atoms with Crippen molar-refractivity contribution in [1.82, 2.24) is 5.32 Å². The van der Waals surface area contributed by atoms with Crippen molar-refractivity contribution in [2.24, 2.45) is 0 Å². The number of anilines is 1. The molecule has 140 valence electrons. The van der Waals surface area contributed by atoms with Crippen molar-refractivity contribution in [2.45, 2.75) is 18.8 Å². The Bertz CT molecular complexity index is 710. The van der Waals surface area contributed by atoms with Gasteiger partial charge in [0, 0.05) is 5.69 Å². The Morgan fingerprint density at radius 2 is 1.88 bits per heavy atom. The third-order valence-electron chi connectivity index (χ3n) is 4.83. The molecule has 7 heteroatoms. The first-order valence-electron chi connectivity index (χ1n) is 8.71. The summed E-state index contributed by atoms with van der Waals surface area (Å²) in [4.78, 5) is 26.1. The van der Waals surface area contributed by atoms with Crippen LogP contribution in [-0.2, 0) is 23.8 Å². The number of methoxy groups -OCH3 is 2. The SMILES string of the molecule is COC(=O)C1=C(C(=O)OC)N(c2cccc(C3CCNCC3)c2)COC1. The maximum atomic E-state index is 12.4. The Balaban J connectivity index is 1.98. The van der Waals surface area contributed by atoms with Gasteiger partial charge in [-0.3, -0.25) is 0 Å². The monoisotopic (exact) mass is 360 g/mol. The minimum Gasteiger partial charge on any atom is -0.466 e. The van der Waals surface area contributed by atoms with E-state index in [9.17, 15) is 9.59 Å². The summed E-state index contributed by atoms with van der Waals surface area (Å²) in [5, 5.41) is 3.37. The lowest BCUT2D eigenvalue weighted by Gasteiger charge is -2.32. The molecule has 7 nitrogen and oxygen atoms in total. The molecular weight excluding hydrogens is 336 g/mol. The van der Waals surface area contributed by atoms with E-state index in [1.54, 1.807) is 4.90 Å². The van der Waals surface area contributed by atoms with Crippen molar-refractivity contribution in [3.63, 3.8) is 0 Å². The number of carbonyl (C=O) groups is 2. The Kier molecular flexibility index (Phi) is 5.90. The number of piperidine rings is 1. The van der Waals surface area contributed by atoms with Gasteiger partial charge >= 0.3 is 11.9 Å². The van der Waals surface area contributed by atoms with Crippen LogP contribution in [-0.4, -0.2) is 52.6 Å². The number of hydrogen-bond donors (Lipinski definition) is 1. The van der Waals surface area contributed by atoms with Crippen molar-refractivity contribution in [1.29, 1.82) is 0 Å². The Labute approximate surface area is 152 Å². The first-order chi connectivity index (χ1) is 12.7. The van der Waals surface area contributed by atoms with Gasteiger partial charge in [0.1, 0.15) is 12.4 Å². The summed E-state index contributed by atoms with van der Waals surface area (Å²) in [6, 6.07) is 8.03. The van der Waals surface area contributed by atoms with Crippen LogP contribution in [0.5, 0.6) is 0 Å². The fourth-order valence-electron chi connectivity index (χ4n) is 3.45. The second kappa shape index (κ2) is 8.33. The molecule has 3 rings (SSSR count). The molecule has 2 heterocycles. The number of esters is 2. The molecule has 0 saturated carbocycles. The summed E-state index contributed by atoms with van der Waals surface area (Å²) >= 11 is 0. The van der Waals surface area contributed by atoms with E-state index in [4.69, 9.17) is 14.2 Å². The number of hydrogen-bond acceptors (Lipinski definition) is 7. The zero-order chi connectivity index (χ0) is 18.5. The second-order valence-corrected chi connectivity index (χ2v) is 6.34. The van der Waals surface area contributed by atoms with Crippen molar-refractivity contribution < 1.29 is 23.8 Å². The van der Waals surface area contributed by atoms with Gasteiger partial charge in [0.15, 0.2) is 0 Å². The molecule has 1 N–H and O–H groups in total. The molecule has 0 bridgehead atoms. The zero-order valence-electron chi connectivity index (χ0n) is 15.1. The van der Waals surface area contributed by atoms with Gasteiger partial charge in [-0.1, -0.05) is 12.1 Å². The lowest BCUT2D eigenvalue weighted by molar-refractivity contribution is -0.140. The summed E-state index contributed by atoms with van der Waals surface area (Å²) in [5.41, 5.74) is 2.35. The molecule has 0 radical (unpaired) electrons. The lowest BCUT2D eigenvalue weighted by atomic mass is 9.90. The van der Waals surface area contributed by atoms with Crippen LogP contribution in [0.2, 0.25) is 0 Å². The van der Waals surface area contributed by atoms with E-state index in [1.165, 1.54) is 19.8 Å². The molecule has 0 spiro atoms. The van der Waals surface area contributed by atoms with Gasteiger partial charge in [0.05, 0.1) is 26.4 Å². The number of benzene rings is 1. The van der Waals surface area contributed by atoms with E-state index >= 15 is 0 Å². The second-order valence-electron chi connectivity index (χ2n) is 6.34. The molecule has 26 heavy (non-hydrogen) atoms. The maximum absolute atomic E-state index is 12.4. The number of nitrogens with one attached hydrogen (secondary N) is 1. The lowest BCUT2D eigenvalue weighted by Crippen LogP contribution is -2.38. The van der Waals surface area contributed by atoms with Crippen molar-refractivity contribution in [2.75, 3.05) is 45.5 Å². The smallest absolute Gasteiger partial charge is 0.355 e. The van der Waals surface area contributed by atoms with Gasteiger partial charge in [0.25, 0.3) is 0 Å². The standard InChI is InChI=1S/C19H24N2O5/c1-24-18(22)16-11-26-12-21(17(16)19(23)25-2)15-5-3-4-14(10-15)13-6-8-20-9-7-13/h3-5,10,13,20H,6-9,11-12H2,1-2H3. The minimum absolute atomic E-state index is 0.0155. The van der Waals surface area contributed by atoms with Crippen LogP contribution in [0.4, 0.5) is 5.69 Å². The number of rotatable bonds is 4. The molecule has 0 unspecified atom stereocenters. The average molecular weight is 360 g/mol. The maximum Gasteiger partial charge on any atom is 0.355 e. The molecule has 1 fully saturated rings. The van der Waals surface area contributed by atoms with Crippen LogP contribution in [0.1, 0.15) is 24.3 Å². The van der Waals surface area contributed by atoms with Crippen molar-refractivity contribution in [3.05, 3.63) is 41.1 Å². The van der Waals surface area contributed by atoms with Crippen LogP contribution in [0.3, 0.4) is 0 Å². The largest absolute Gasteiger partial charge is 0.466 e. The number of carbonyl (C=O) groups excluding carboxylic acids is 2. The van der Waals surface area contributed by atoms with Crippen LogP contribution in [0.25, 0.3) is 0 Å². The van der Waals surface area contributed by atoms with E-state index in [0.29, 0.717) is 5.92 Å². The molecule has 1 aromatic rings. The van der Waals surface area contributed by atoms with Gasteiger partial charge in [-0.05, 0) is 49.5 Å². The molecular formula is C19H24N2O5. The predicted molar refractivity (Wildman–Crippen MR) is 95.6 cm³/mol. The number of ether oxygens (including phenoxy) is 3. The van der Waals surface area contributed by atoms with Gasteiger partial charge in [-0.25, -0.2) is 9.59 Å².